The molecule has 8 heteroatoms. The van der Waals surface area contributed by atoms with Crippen molar-refractivity contribution in [1.82, 2.24) is 0 Å². The van der Waals surface area contributed by atoms with Crippen molar-refractivity contribution < 1.29 is 31.2 Å². The van der Waals surface area contributed by atoms with Crippen LogP contribution >= 0.6 is 7.60 Å². The highest BCUT2D eigenvalue weighted by molar-refractivity contribution is 7.54. The Bertz CT molecular complexity index is 1000. The average molecular weight is 527 g/mol. The quantitative estimate of drug-likeness (QED) is 0.241. The van der Waals surface area contributed by atoms with Crippen LogP contribution in [0.3, 0.4) is 0 Å². The molecule has 0 bridgehead atoms. The molecule has 0 spiro atoms. The van der Waals surface area contributed by atoms with E-state index in [9.17, 15) is 22.1 Å². The zero-order valence-electron chi connectivity index (χ0n) is 20.7. The third-order valence-corrected chi connectivity index (χ3v) is 9.21. The van der Waals surface area contributed by atoms with Crippen LogP contribution in [0.5, 0.6) is 11.5 Å². The molecule has 36 heavy (non-hydrogen) atoms. The van der Waals surface area contributed by atoms with Crippen LogP contribution in [0.4, 0.5) is 17.6 Å². The first-order chi connectivity index (χ1) is 17.3. The summed E-state index contributed by atoms with van der Waals surface area (Å²) in [6, 6.07) is 8.34. The Balaban J connectivity index is 1.52. The maximum Gasteiger partial charge on any atom is 0.430 e. The second kappa shape index (κ2) is 12.0. The Morgan fingerprint density at radius 2 is 1.22 bits per heavy atom. The Morgan fingerprint density at radius 3 is 1.61 bits per heavy atom. The van der Waals surface area contributed by atoms with Crippen LogP contribution in [0.15, 0.2) is 36.4 Å². The predicted octanol–water partition coefficient (Wildman–Crippen LogP) is 9.41. The Morgan fingerprint density at radius 1 is 0.778 bits per heavy atom. The van der Waals surface area contributed by atoms with Crippen LogP contribution in [0.2, 0.25) is 0 Å². The van der Waals surface area contributed by atoms with E-state index in [1.54, 1.807) is 12.1 Å². The van der Waals surface area contributed by atoms with Crippen molar-refractivity contribution in [3.05, 3.63) is 59.2 Å². The minimum atomic E-state index is -3.98. The fourth-order valence-corrected chi connectivity index (χ4v) is 7.15. The van der Waals surface area contributed by atoms with E-state index in [0.29, 0.717) is 49.7 Å². The van der Waals surface area contributed by atoms with E-state index in [4.69, 9.17) is 9.05 Å². The number of rotatable bonds is 9. The fourth-order valence-electron chi connectivity index (χ4n) is 5.33. The minimum Gasteiger partial charge on any atom is -0.413 e. The summed E-state index contributed by atoms with van der Waals surface area (Å²) in [4.78, 5) is 0. The molecule has 198 valence electrons. The molecule has 0 radical (unpaired) electrons. The molecule has 3 nitrogen and oxygen atoms in total. The van der Waals surface area contributed by atoms with Crippen molar-refractivity contribution in [2.24, 2.45) is 0 Å². The number of hydrogen-bond donors (Lipinski definition) is 0. The number of alkyl halides is 2. The Kier molecular flexibility index (Phi) is 9.03. The highest BCUT2D eigenvalue weighted by Crippen LogP contribution is 2.51. The summed E-state index contributed by atoms with van der Waals surface area (Å²) < 4.78 is 83.4. The van der Waals surface area contributed by atoms with E-state index >= 15 is 0 Å². The first-order valence-corrected chi connectivity index (χ1v) is 14.9. The van der Waals surface area contributed by atoms with E-state index in [-0.39, 0.29) is 29.5 Å². The monoisotopic (exact) mass is 526 g/mol. The molecule has 4 atom stereocenters. The first-order valence-electron chi connectivity index (χ1n) is 13.1. The molecule has 0 saturated heterocycles. The summed E-state index contributed by atoms with van der Waals surface area (Å²) in [6.07, 6.45) is 4.73. The molecule has 4 unspecified atom stereocenters. The van der Waals surface area contributed by atoms with Gasteiger partial charge in [-0.2, -0.15) is 0 Å². The Labute approximate surface area is 211 Å². The molecule has 0 N–H and O–H groups in total. The molecule has 2 aromatic carbocycles. The van der Waals surface area contributed by atoms with Gasteiger partial charge in [-0.25, -0.2) is 22.1 Å². The first kappa shape index (κ1) is 27.0. The topological polar surface area (TPSA) is 35.5 Å². The fraction of sp³-hybridized carbons (Fsp3) is 0.571. The van der Waals surface area contributed by atoms with Crippen LogP contribution in [0.1, 0.15) is 94.1 Å². The van der Waals surface area contributed by atoms with Crippen molar-refractivity contribution in [1.29, 1.82) is 0 Å². The normalized spacial score (nSPS) is 26.2. The predicted molar refractivity (Wildman–Crippen MR) is 134 cm³/mol. The lowest BCUT2D eigenvalue weighted by atomic mass is 9.82. The van der Waals surface area contributed by atoms with Gasteiger partial charge in [0.1, 0.15) is 12.3 Å². The maximum absolute atomic E-state index is 15.0. The average Bonchev–Trinajstić information content (AvgIpc) is 2.86. The number of hydrogen-bond acceptors (Lipinski definition) is 3. The Hall–Kier alpha value is -2.01. The number of unbranched alkanes of at least 4 members (excludes halogenated alkanes) is 1. The molecule has 2 fully saturated rings. The van der Waals surface area contributed by atoms with Gasteiger partial charge in [-0.1, -0.05) is 51.2 Å². The number of benzene rings is 2. The van der Waals surface area contributed by atoms with E-state index in [1.165, 1.54) is 24.3 Å². The van der Waals surface area contributed by atoms with Gasteiger partial charge in [0.25, 0.3) is 0 Å². The van der Waals surface area contributed by atoms with E-state index in [1.807, 2.05) is 6.92 Å². The number of halogens is 4. The van der Waals surface area contributed by atoms with E-state index in [2.05, 4.69) is 0 Å². The molecule has 0 amide bonds. The van der Waals surface area contributed by atoms with Gasteiger partial charge in [0.15, 0.2) is 23.1 Å². The van der Waals surface area contributed by atoms with Gasteiger partial charge >= 0.3 is 7.60 Å². The van der Waals surface area contributed by atoms with Gasteiger partial charge in [-0.3, -0.25) is 0 Å². The zero-order chi connectivity index (χ0) is 25.7. The lowest BCUT2D eigenvalue weighted by Gasteiger charge is -2.27. The summed E-state index contributed by atoms with van der Waals surface area (Å²) in [5.41, 5.74) is 1.10. The SMILES string of the molecule is CCCCP(=O)(Oc1ccc(C2CCCCC2F)cc1F)Oc1ccc(C2CCCCC2F)cc1F. The van der Waals surface area contributed by atoms with Crippen molar-refractivity contribution in [2.75, 3.05) is 6.16 Å². The molecule has 2 saturated carbocycles. The van der Waals surface area contributed by atoms with E-state index in [0.717, 1.165) is 25.7 Å². The van der Waals surface area contributed by atoms with Gasteiger partial charge in [-0.05, 0) is 67.5 Å². The van der Waals surface area contributed by atoms with Gasteiger partial charge in [-0.15, -0.1) is 0 Å². The van der Waals surface area contributed by atoms with Gasteiger partial charge in [0, 0.05) is 11.8 Å². The molecule has 2 aliphatic carbocycles. The van der Waals surface area contributed by atoms with Gasteiger partial charge < -0.3 is 9.05 Å². The van der Waals surface area contributed by atoms with Crippen molar-refractivity contribution in [3.63, 3.8) is 0 Å². The van der Waals surface area contributed by atoms with Crippen LogP contribution in [0.25, 0.3) is 0 Å². The second-order valence-electron chi connectivity index (χ2n) is 10.1. The summed E-state index contributed by atoms with van der Waals surface area (Å²) in [5, 5.41) is 0. The lowest BCUT2D eigenvalue weighted by Crippen LogP contribution is -2.19. The van der Waals surface area contributed by atoms with Gasteiger partial charge in [0.2, 0.25) is 0 Å². The molecule has 2 aliphatic rings. The van der Waals surface area contributed by atoms with Crippen LogP contribution in [-0.4, -0.2) is 18.5 Å². The molecular weight excluding hydrogens is 491 g/mol. The highest BCUT2D eigenvalue weighted by atomic mass is 31.2. The smallest absolute Gasteiger partial charge is 0.413 e. The molecular formula is C28H35F4O3P. The van der Waals surface area contributed by atoms with Crippen molar-refractivity contribution >= 4 is 7.60 Å². The van der Waals surface area contributed by atoms with Crippen LogP contribution < -0.4 is 9.05 Å². The second-order valence-corrected chi connectivity index (χ2v) is 12.1. The molecule has 2 aromatic rings. The largest absolute Gasteiger partial charge is 0.430 e. The third-order valence-electron chi connectivity index (χ3n) is 7.39. The molecule has 4 rings (SSSR count). The van der Waals surface area contributed by atoms with Crippen molar-refractivity contribution in [2.45, 2.75) is 95.3 Å². The van der Waals surface area contributed by atoms with Gasteiger partial charge in [0.05, 0.1) is 6.16 Å². The summed E-state index contributed by atoms with van der Waals surface area (Å²) in [5.74, 6) is -2.80. The third kappa shape index (κ3) is 6.45. The lowest BCUT2D eigenvalue weighted by molar-refractivity contribution is 0.216. The molecule has 0 aliphatic heterocycles. The summed E-state index contributed by atoms with van der Waals surface area (Å²) in [7, 11) is -3.98. The van der Waals surface area contributed by atoms with E-state index < -0.39 is 31.6 Å². The maximum atomic E-state index is 15.0. The minimum absolute atomic E-state index is 0.0315. The molecule has 0 aromatic heterocycles. The zero-order valence-corrected chi connectivity index (χ0v) is 21.6. The van der Waals surface area contributed by atoms with Crippen molar-refractivity contribution in [3.8, 4) is 11.5 Å². The van der Waals surface area contributed by atoms with Crippen LogP contribution in [-0.2, 0) is 4.57 Å². The molecule has 0 heterocycles. The summed E-state index contributed by atoms with van der Waals surface area (Å²) in [6.45, 7) is 1.89. The summed E-state index contributed by atoms with van der Waals surface area (Å²) >= 11 is 0. The highest BCUT2D eigenvalue weighted by Gasteiger charge is 2.32. The van der Waals surface area contributed by atoms with Crippen LogP contribution in [0, 0.1) is 11.6 Å². The standard InChI is InChI=1S/C28H35F4O3P/c1-2-3-16-36(33,34-27-14-12-19(17-25(27)31)21-8-4-6-10-23(21)29)35-28-15-13-20(18-26(28)32)22-9-5-7-11-24(22)30/h12-15,17-18,21-24H,2-11,16H2,1H3.